The topological polar surface area (TPSA) is 47.2 Å². The molecule has 110 valence electrons. The molecule has 0 aliphatic heterocycles. The number of aromatic nitrogens is 2. The van der Waals surface area contributed by atoms with Gasteiger partial charge in [-0.15, -0.1) is 11.3 Å². The molecule has 1 aromatic carbocycles. The van der Waals surface area contributed by atoms with Crippen molar-refractivity contribution in [2.75, 3.05) is 0 Å². The summed E-state index contributed by atoms with van der Waals surface area (Å²) in [4.78, 5) is 21.0. The summed E-state index contributed by atoms with van der Waals surface area (Å²) < 4.78 is 1.93. The maximum Gasteiger partial charge on any atom is 0.298 e. The van der Waals surface area contributed by atoms with Crippen molar-refractivity contribution in [3.8, 4) is 0 Å². The van der Waals surface area contributed by atoms with Crippen LogP contribution in [0.25, 0.3) is 0 Å². The lowest BCUT2D eigenvalue weighted by Gasteiger charge is -2.02. The van der Waals surface area contributed by atoms with Gasteiger partial charge < -0.3 is 4.57 Å². The molecule has 0 unspecified atom stereocenters. The monoisotopic (exact) mass is 329 g/mol. The van der Waals surface area contributed by atoms with Gasteiger partial charge in [-0.2, -0.15) is 4.99 Å². The number of nitrogens with zero attached hydrogens (tertiary/aromatic N) is 3. The number of benzene rings is 1. The second-order valence-electron chi connectivity index (χ2n) is 4.58. The van der Waals surface area contributed by atoms with Crippen LogP contribution in [0.4, 0.5) is 0 Å². The minimum atomic E-state index is -0.397. The summed E-state index contributed by atoms with van der Waals surface area (Å²) in [5.41, 5.74) is 1.39. The fourth-order valence-electron chi connectivity index (χ4n) is 1.95. The van der Waals surface area contributed by atoms with Crippen molar-refractivity contribution in [3.05, 3.63) is 81.3 Å². The van der Waals surface area contributed by atoms with Crippen LogP contribution in [0.15, 0.2) is 65.2 Å². The Labute approximate surface area is 136 Å². The molecule has 3 rings (SSSR count). The SMILES string of the molecule is O=C(N=c1sccn1Cc1ccccc1)c1cc(Cl)ccn1. The van der Waals surface area contributed by atoms with Crippen LogP contribution in [0, 0.1) is 0 Å². The summed E-state index contributed by atoms with van der Waals surface area (Å²) in [5.74, 6) is -0.397. The van der Waals surface area contributed by atoms with Gasteiger partial charge in [-0.1, -0.05) is 41.9 Å². The van der Waals surface area contributed by atoms with Crippen LogP contribution in [0.5, 0.6) is 0 Å². The van der Waals surface area contributed by atoms with E-state index in [0.717, 1.165) is 5.56 Å². The van der Waals surface area contributed by atoms with E-state index in [2.05, 4.69) is 9.98 Å². The van der Waals surface area contributed by atoms with Gasteiger partial charge in [0.25, 0.3) is 5.91 Å². The number of rotatable bonds is 3. The predicted octanol–water partition coefficient (Wildman–Crippen LogP) is 3.39. The number of thiazole rings is 1. The van der Waals surface area contributed by atoms with Crippen LogP contribution in [0.3, 0.4) is 0 Å². The normalized spacial score (nSPS) is 11.6. The average molecular weight is 330 g/mol. The molecule has 2 heterocycles. The van der Waals surface area contributed by atoms with Crippen molar-refractivity contribution in [1.82, 2.24) is 9.55 Å². The summed E-state index contributed by atoms with van der Waals surface area (Å²) in [6.45, 7) is 0.666. The molecule has 0 N–H and O–H groups in total. The number of carbonyl (C=O) groups is 1. The first-order valence-electron chi connectivity index (χ1n) is 6.61. The molecule has 22 heavy (non-hydrogen) atoms. The van der Waals surface area contributed by atoms with Crippen molar-refractivity contribution < 1.29 is 4.79 Å². The van der Waals surface area contributed by atoms with Crippen LogP contribution in [0.1, 0.15) is 16.1 Å². The van der Waals surface area contributed by atoms with E-state index in [0.29, 0.717) is 16.4 Å². The fraction of sp³-hybridized carbons (Fsp3) is 0.0625. The van der Waals surface area contributed by atoms with E-state index >= 15 is 0 Å². The predicted molar refractivity (Wildman–Crippen MR) is 87.0 cm³/mol. The highest BCUT2D eigenvalue weighted by Gasteiger charge is 2.07. The lowest BCUT2D eigenvalue weighted by atomic mass is 10.2. The first kappa shape index (κ1) is 14.7. The molecule has 0 spiro atoms. The highest BCUT2D eigenvalue weighted by atomic mass is 35.5. The van der Waals surface area contributed by atoms with Crippen LogP contribution in [-0.2, 0) is 6.54 Å². The lowest BCUT2D eigenvalue weighted by Crippen LogP contribution is -2.17. The number of carbonyl (C=O) groups excluding carboxylic acids is 1. The van der Waals surface area contributed by atoms with Crippen molar-refractivity contribution in [2.24, 2.45) is 4.99 Å². The number of amides is 1. The standard InChI is InChI=1S/C16H12ClN3OS/c17-13-6-7-18-14(10-13)15(21)19-16-20(8-9-22-16)11-12-4-2-1-3-5-12/h1-10H,11H2. The quantitative estimate of drug-likeness (QED) is 0.739. The van der Waals surface area contributed by atoms with E-state index < -0.39 is 5.91 Å². The second kappa shape index (κ2) is 6.68. The molecule has 0 saturated heterocycles. The minimum Gasteiger partial charge on any atom is -0.319 e. The molecule has 4 nitrogen and oxygen atoms in total. The molecule has 0 atom stereocenters. The molecule has 0 radical (unpaired) electrons. The summed E-state index contributed by atoms with van der Waals surface area (Å²) in [7, 11) is 0. The van der Waals surface area contributed by atoms with E-state index in [4.69, 9.17) is 11.6 Å². The van der Waals surface area contributed by atoms with Gasteiger partial charge in [0.1, 0.15) is 5.69 Å². The molecule has 2 aromatic heterocycles. The third-order valence-corrected chi connectivity index (χ3v) is 4.02. The molecule has 0 aliphatic carbocycles. The Hall–Kier alpha value is -2.24. The molecular formula is C16H12ClN3OS. The van der Waals surface area contributed by atoms with Gasteiger partial charge in [-0.05, 0) is 17.7 Å². The number of pyridine rings is 1. The van der Waals surface area contributed by atoms with E-state index in [1.165, 1.54) is 23.6 Å². The largest absolute Gasteiger partial charge is 0.319 e. The van der Waals surface area contributed by atoms with E-state index in [-0.39, 0.29) is 5.69 Å². The number of hydrogen-bond acceptors (Lipinski definition) is 3. The van der Waals surface area contributed by atoms with Gasteiger partial charge in [0.15, 0.2) is 4.80 Å². The molecular weight excluding hydrogens is 318 g/mol. The zero-order valence-corrected chi connectivity index (χ0v) is 13.1. The summed E-state index contributed by atoms with van der Waals surface area (Å²) in [5, 5.41) is 2.37. The van der Waals surface area contributed by atoms with Crippen molar-refractivity contribution in [1.29, 1.82) is 0 Å². The zero-order valence-electron chi connectivity index (χ0n) is 11.5. The summed E-state index contributed by atoms with van der Waals surface area (Å²) >= 11 is 7.28. The van der Waals surface area contributed by atoms with Gasteiger partial charge in [0.2, 0.25) is 0 Å². The molecule has 0 saturated carbocycles. The van der Waals surface area contributed by atoms with Crippen molar-refractivity contribution in [3.63, 3.8) is 0 Å². The molecule has 1 amide bonds. The highest BCUT2D eigenvalue weighted by molar-refractivity contribution is 7.07. The third kappa shape index (κ3) is 3.50. The Morgan fingerprint density at radius 3 is 2.86 bits per heavy atom. The number of hydrogen-bond donors (Lipinski definition) is 0. The highest BCUT2D eigenvalue weighted by Crippen LogP contribution is 2.09. The second-order valence-corrected chi connectivity index (χ2v) is 5.88. The first-order valence-corrected chi connectivity index (χ1v) is 7.86. The maximum atomic E-state index is 12.2. The van der Waals surface area contributed by atoms with Crippen LogP contribution < -0.4 is 4.80 Å². The molecule has 0 fully saturated rings. The molecule has 6 heteroatoms. The zero-order chi connectivity index (χ0) is 15.4. The van der Waals surface area contributed by atoms with Crippen LogP contribution in [-0.4, -0.2) is 15.5 Å². The molecule has 3 aromatic rings. The van der Waals surface area contributed by atoms with Crippen molar-refractivity contribution >= 4 is 28.8 Å². The average Bonchev–Trinajstić information content (AvgIpc) is 2.95. The van der Waals surface area contributed by atoms with Gasteiger partial charge in [-0.25, -0.2) is 0 Å². The Bertz CT molecular complexity index is 855. The third-order valence-electron chi connectivity index (χ3n) is 2.99. The Morgan fingerprint density at radius 1 is 1.27 bits per heavy atom. The Kier molecular flexibility index (Phi) is 4.46. The first-order chi connectivity index (χ1) is 10.7. The summed E-state index contributed by atoms with van der Waals surface area (Å²) in [6, 6.07) is 13.2. The summed E-state index contributed by atoms with van der Waals surface area (Å²) in [6.07, 6.45) is 3.41. The number of halogens is 1. The van der Waals surface area contributed by atoms with Gasteiger partial charge in [-0.3, -0.25) is 9.78 Å². The molecule has 0 aliphatic rings. The van der Waals surface area contributed by atoms with Gasteiger partial charge >= 0.3 is 0 Å². The van der Waals surface area contributed by atoms with Crippen molar-refractivity contribution in [2.45, 2.75) is 6.54 Å². The lowest BCUT2D eigenvalue weighted by molar-refractivity contribution is 0.0993. The van der Waals surface area contributed by atoms with Crippen LogP contribution in [0.2, 0.25) is 5.02 Å². The Balaban J connectivity index is 1.89. The van der Waals surface area contributed by atoms with E-state index in [1.807, 2.05) is 46.5 Å². The van der Waals surface area contributed by atoms with Gasteiger partial charge in [0, 0.05) is 29.3 Å². The maximum absolute atomic E-state index is 12.2. The fourth-order valence-corrected chi connectivity index (χ4v) is 2.84. The van der Waals surface area contributed by atoms with E-state index in [1.54, 1.807) is 6.07 Å². The van der Waals surface area contributed by atoms with Gasteiger partial charge in [0.05, 0.1) is 0 Å². The van der Waals surface area contributed by atoms with E-state index in [9.17, 15) is 4.79 Å². The smallest absolute Gasteiger partial charge is 0.298 e. The molecule has 0 bridgehead atoms. The Morgan fingerprint density at radius 2 is 2.09 bits per heavy atom. The minimum absolute atomic E-state index is 0.243. The van der Waals surface area contributed by atoms with Crippen LogP contribution >= 0.6 is 22.9 Å².